The van der Waals surface area contributed by atoms with Crippen LogP contribution in [-0.2, 0) is 0 Å². The van der Waals surface area contributed by atoms with Crippen molar-refractivity contribution in [3.63, 3.8) is 0 Å². The summed E-state index contributed by atoms with van der Waals surface area (Å²) in [5.41, 5.74) is 1.22. The lowest BCUT2D eigenvalue weighted by Crippen LogP contribution is -2.32. The molecule has 0 amide bonds. The van der Waals surface area contributed by atoms with Gasteiger partial charge in [0.05, 0.1) is 5.39 Å². The number of H-pyrrole nitrogens is 1. The van der Waals surface area contributed by atoms with Crippen LogP contribution in [0.25, 0.3) is 23.2 Å². The molecule has 4 heterocycles. The summed E-state index contributed by atoms with van der Waals surface area (Å²) >= 11 is 1.66. The van der Waals surface area contributed by atoms with Crippen molar-refractivity contribution in [2.24, 2.45) is 0 Å². The van der Waals surface area contributed by atoms with Crippen molar-refractivity contribution in [2.45, 2.75) is 19.3 Å². The van der Waals surface area contributed by atoms with Gasteiger partial charge in [0.25, 0.3) is 5.56 Å². The normalized spacial score (nSPS) is 15.4. The Morgan fingerprint density at radius 1 is 1.17 bits per heavy atom. The lowest BCUT2D eigenvalue weighted by molar-refractivity contribution is 0.568. The van der Waals surface area contributed by atoms with E-state index in [2.05, 4.69) is 19.9 Å². The van der Waals surface area contributed by atoms with Crippen LogP contribution in [0.4, 0.5) is 5.95 Å². The minimum absolute atomic E-state index is 0.125. The van der Waals surface area contributed by atoms with Crippen molar-refractivity contribution >= 4 is 40.5 Å². The minimum Gasteiger partial charge on any atom is -0.342 e. The number of aromatic amines is 1. The van der Waals surface area contributed by atoms with Gasteiger partial charge in [-0.05, 0) is 48.4 Å². The van der Waals surface area contributed by atoms with E-state index in [0.29, 0.717) is 17.0 Å². The summed E-state index contributed by atoms with van der Waals surface area (Å²) in [6.07, 6.45) is 9.19. The number of thiophene rings is 1. The Morgan fingerprint density at radius 2 is 2.04 bits per heavy atom. The number of pyridine rings is 1. The molecule has 1 saturated heterocycles. The van der Waals surface area contributed by atoms with Gasteiger partial charge in [-0.2, -0.15) is 4.98 Å². The average molecular weight is 338 g/mol. The number of fused-ring (bicyclic) bond motifs is 1. The predicted molar refractivity (Wildman–Crippen MR) is 99.5 cm³/mol. The average Bonchev–Trinajstić information content (AvgIpc) is 3.14. The highest BCUT2D eigenvalue weighted by molar-refractivity contribution is 7.10. The minimum atomic E-state index is -0.125. The van der Waals surface area contributed by atoms with Crippen molar-refractivity contribution in [1.29, 1.82) is 0 Å². The number of nitrogens with zero attached hydrogens (tertiary/aromatic N) is 3. The first kappa shape index (κ1) is 15.1. The second-order valence-corrected chi connectivity index (χ2v) is 6.86. The standard InChI is InChI=1S/C18H18N4OS/c23-17-15-13(6-7-14-5-4-12-24-14)8-9-19-16(15)20-18(21-17)22-10-2-1-3-11-22/h4-9,12H,1-3,10-11H2,(H,19,20,21,23). The summed E-state index contributed by atoms with van der Waals surface area (Å²) < 4.78 is 0. The first-order valence-electron chi connectivity index (χ1n) is 8.17. The van der Waals surface area contributed by atoms with Crippen LogP contribution in [0.3, 0.4) is 0 Å². The Kier molecular flexibility index (Phi) is 4.13. The van der Waals surface area contributed by atoms with Crippen LogP contribution in [-0.4, -0.2) is 28.0 Å². The second kappa shape index (κ2) is 6.57. The number of aromatic nitrogens is 3. The molecule has 0 atom stereocenters. The number of hydrogen-bond acceptors (Lipinski definition) is 5. The number of piperidine rings is 1. The Balaban J connectivity index is 1.75. The van der Waals surface area contributed by atoms with Crippen molar-refractivity contribution in [3.05, 3.63) is 50.6 Å². The fraction of sp³-hybridized carbons (Fsp3) is 0.278. The summed E-state index contributed by atoms with van der Waals surface area (Å²) in [5.74, 6) is 0.638. The molecule has 6 heteroatoms. The summed E-state index contributed by atoms with van der Waals surface area (Å²) in [4.78, 5) is 27.8. The lowest BCUT2D eigenvalue weighted by Gasteiger charge is -2.26. The fourth-order valence-corrected chi connectivity index (χ4v) is 3.65. The summed E-state index contributed by atoms with van der Waals surface area (Å²) in [6, 6.07) is 5.90. The molecule has 4 rings (SSSR count). The van der Waals surface area contributed by atoms with Gasteiger partial charge in [0.1, 0.15) is 0 Å². The van der Waals surface area contributed by atoms with Gasteiger partial charge in [-0.15, -0.1) is 11.3 Å². The zero-order valence-corrected chi connectivity index (χ0v) is 14.1. The number of rotatable bonds is 3. The van der Waals surface area contributed by atoms with Crippen LogP contribution in [0.1, 0.15) is 29.7 Å². The molecule has 1 N–H and O–H groups in total. The second-order valence-electron chi connectivity index (χ2n) is 5.88. The van der Waals surface area contributed by atoms with Crippen molar-refractivity contribution < 1.29 is 0 Å². The largest absolute Gasteiger partial charge is 0.342 e. The van der Waals surface area contributed by atoms with Crippen molar-refractivity contribution in [1.82, 2.24) is 15.0 Å². The summed E-state index contributed by atoms with van der Waals surface area (Å²) in [5, 5.41) is 2.58. The molecule has 3 aromatic rings. The highest BCUT2D eigenvalue weighted by Crippen LogP contribution is 2.19. The molecule has 1 fully saturated rings. The molecule has 5 nitrogen and oxygen atoms in total. The van der Waals surface area contributed by atoms with Crippen LogP contribution in [0.2, 0.25) is 0 Å². The van der Waals surface area contributed by atoms with E-state index >= 15 is 0 Å². The molecule has 0 aliphatic carbocycles. The maximum absolute atomic E-state index is 12.6. The summed E-state index contributed by atoms with van der Waals surface area (Å²) in [7, 11) is 0. The van der Waals surface area contributed by atoms with E-state index in [-0.39, 0.29) is 5.56 Å². The third kappa shape index (κ3) is 2.97. The Hall–Kier alpha value is -2.47. The maximum atomic E-state index is 12.6. The molecule has 24 heavy (non-hydrogen) atoms. The monoisotopic (exact) mass is 338 g/mol. The third-order valence-electron chi connectivity index (χ3n) is 4.25. The van der Waals surface area contributed by atoms with Crippen LogP contribution in [0.15, 0.2) is 34.6 Å². The van der Waals surface area contributed by atoms with Crippen LogP contribution < -0.4 is 10.5 Å². The van der Waals surface area contributed by atoms with Gasteiger partial charge in [-0.25, -0.2) is 4.98 Å². The molecule has 3 aromatic heterocycles. The predicted octanol–water partition coefficient (Wildman–Crippen LogP) is 3.54. The van der Waals surface area contributed by atoms with Gasteiger partial charge in [0.2, 0.25) is 5.95 Å². The zero-order valence-electron chi connectivity index (χ0n) is 13.2. The molecule has 0 aromatic carbocycles. The highest BCUT2D eigenvalue weighted by Gasteiger charge is 2.15. The zero-order chi connectivity index (χ0) is 16.4. The van der Waals surface area contributed by atoms with Gasteiger partial charge in [0, 0.05) is 24.2 Å². The molecule has 0 saturated carbocycles. The smallest absolute Gasteiger partial charge is 0.262 e. The van der Waals surface area contributed by atoms with Crippen LogP contribution >= 0.6 is 11.3 Å². The van der Waals surface area contributed by atoms with Crippen molar-refractivity contribution in [2.75, 3.05) is 18.0 Å². The van der Waals surface area contributed by atoms with Gasteiger partial charge < -0.3 is 4.90 Å². The molecule has 1 aliphatic heterocycles. The fourth-order valence-electron chi connectivity index (χ4n) is 3.03. The molecule has 0 spiro atoms. The molecular weight excluding hydrogens is 320 g/mol. The Bertz CT molecular complexity index is 924. The first-order chi connectivity index (χ1) is 11.8. The quantitative estimate of drug-likeness (QED) is 0.793. The SMILES string of the molecule is O=c1[nH]c(N2CCCCC2)nc2nccc(C=Cc3cccs3)c12. The van der Waals surface area contributed by atoms with Gasteiger partial charge >= 0.3 is 0 Å². The van der Waals surface area contributed by atoms with E-state index in [1.54, 1.807) is 17.5 Å². The topological polar surface area (TPSA) is 61.9 Å². The molecule has 0 unspecified atom stereocenters. The molecule has 122 valence electrons. The number of nitrogens with one attached hydrogen (secondary N) is 1. The van der Waals surface area contributed by atoms with Crippen LogP contribution in [0, 0.1) is 0 Å². The van der Waals surface area contributed by atoms with E-state index in [9.17, 15) is 4.79 Å². The summed E-state index contributed by atoms with van der Waals surface area (Å²) in [6.45, 7) is 1.87. The molecule has 0 bridgehead atoms. The van der Waals surface area contributed by atoms with E-state index in [1.165, 1.54) is 6.42 Å². The van der Waals surface area contributed by atoms with E-state index in [4.69, 9.17) is 0 Å². The van der Waals surface area contributed by atoms with E-state index < -0.39 is 0 Å². The maximum Gasteiger partial charge on any atom is 0.262 e. The van der Waals surface area contributed by atoms with E-state index in [0.717, 1.165) is 36.4 Å². The highest BCUT2D eigenvalue weighted by atomic mass is 32.1. The van der Waals surface area contributed by atoms with Gasteiger partial charge in [-0.3, -0.25) is 9.78 Å². The van der Waals surface area contributed by atoms with Gasteiger partial charge in [-0.1, -0.05) is 12.1 Å². The van der Waals surface area contributed by atoms with Gasteiger partial charge in [0.15, 0.2) is 5.65 Å². The first-order valence-corrected chi connectivity index (χ1v) is 9.05. The lowest BCUT2D eigenvalue weighted by atomic mass is 10.1. The molecule has 0 radical (unpaired) electrons. The van der Waals surface area contributed by atoms with Crippen molar-refractivity contribution in [3.8, 4) is 0 Å². The Labute approximate surface area is 143 Å². The molecule has 1 aliphatic rings. The third-order valence-corrected chi connectivity index (χ3v) is 5.09. The van der Waals surface area contributed by atoms with E-state index in [1.807, 2.05) is 35.7 Å². The van der Waals surface area contributed by atoms with Crippen LogP contribution in [0.5, 0.6) is 0 Å². The molecular formula is C18H18N4OS. The number of anilines is 1. The number of hydrogen-bond donors (Lipinski definition) is 1. The Morgan fingerprint density at radius 3 is 2.83 bits per heavy atom.